The van der Waals surface area contributed by atoms with Crippen molar-refractivity contribution in [2.75, 3.05) is 7.05 Å². The van der Waals surface area contributed by atoms with Crippen molar-refractivity contribution < 1.29 is 4.79 Å². The highest BCUT2D eigenvalue weighted by atomic mass is 16.1. The Morgan fingerprint density at radius 2 is 1.89 bits per heavy atom. The SMILES string of the molecule is CNC1(CC(=O)C2=CCCCCC2)CCCCC1. The molecule has 1 saturated carbocycles. The highest BCUT2D eigenvalue weighted by Gasteiger charge is 2.33. The molecule has 2 heteroatoms. The van der Waals surface area contributed by atoms with Crippen molar-refractivity contribution in [1.82, 2.24) is 5.32 Å². The molecule has 1 fully saturated rings. The maximum atomic E-state index is 12.5. The molecule has 102 valence electrons. The van der Waals surface area contributed by atoms with E-state index >= 15 is 0 Å². The minimum atomic E-state index is 0.0997. The van der Waals surface area contributed by atoms with Crippen LogP contribution in [0.25, 0.3) is 0 Å². The van der Waals surface area contributed by atoms with E-state index in [1.165, 1.54) is 51.4 Å². The van der Waals surface area contributed by atoms with Gasteiger partial charge in [-0.05, 0) is 51.1 Å². The van der Waals surface area contributed by atoms with Crippen LogP contribution in [0.15, 0.2) is 11.6 Å². The van der Waals surface area contributed by atoms with Crippen LogP contribution >= 0.6 is 0 Å². The average Bonchev–Trinajstić information content (AvgIpc) is 2.68. The van der Waals surface area contributed by atoms with E-state index in [-0.39, 0.29) is 5.54 Å². The molecule has 1 N–H and O–H groups in total. The summed E-state index contributed by atoms with van der Waals surface area (Å²) in [6.45, 7) is 0. The fourth-order valence-electron chi connectivity index (χ4n) is 3.43. The summed E-state index contributed by atoms with van der Waals surface area (Å²) in [5.41, 5.74) is 1.22. The topological polar surface area (TPSA) is 29.1 Å². The summed E-state index contributed by atoms with van der Waals surface area (Å²) in [7, 11) is 2.03. The monoisotopic (exact) mass is 249 g/mol. The molecule has 0 amide bonds. The molecule has 0 unspecified atom stereocenters. The average molecular weight is 249 g/mol. The van der Waals surface area contributed by atoms with Crippen LogP contribution in [0.2, 0.25) is 0 Å². The Balaban J connectivity index is 1.97. The minimum Gasteiger partial charge on any atom is -0.314 e. The first-order valence-corrected chi connectivity index (χ1v) is 7.67. The van der Waals surface area contributed by atoms with Gasteiger partial charge in [-0.25, -0.2) is 0 Å². The molecule has 0 saturated heterocycles. The predicted octanol–water partition coefficient (Wildman–Crippen LogP) is 3.76. The number of Topliss-reactive ketones (excluding diaryl/α,β-unsaturated/α-hetero) is 1. The second-order valence-electron chi connectivity index (χ2n) is 6.02. The number of carbonyl (C=O) groups is 1. The summed E-state index contributed by atoms with van der Waals surface area (Å²) in [6, 6.07) is 0. The van der Waals surface area contributed by atoms with Gasteiger partial charge in [0.05, 0.1) is 0 Å². The van der Waals surface area contributed by atoms with E-state index in [4.69, 9.17) is 0 Å². The molecule has 0 heterocycles. The second-order valence-corrected chi connectivity index (χ2v) is 6.02. The fourth-order valence-corrected chi connectivity index (χ4v) is 3.43. The van der Waals surface area contributed by atoms with E-state index in [0.29, 0.717) is 5.78 Å². The van der Waals surface area contributed by atoms with E-state index in [9.17, 15) is 4.79 Å². The molecule has 2 nitrogen and oxygen atoms in total. The Bertz CT molecular complexity index is 313. The molecule has 0 aromatic rings. The summed E-state index contributed by atoms with van der Waals surface area (Å²) in [5.74, 6) is 0.410. The van der Waals surface area contributed by atoms with Crippen LogP contribution in [0.3, 0.4) is 0 Å². The molecule has 0 aromatic heterocycles. The number of allylic oxidation sites excluding steroid dienone is 2. The molecule has 0 aliphatic heterocycles. The predicted molar refractivity (Wildman–Crippen MR) is 75.7 cm³/mol. The van der Waals surface area contributed by atoms with Crippen molar-refractivity contribution in [3.8, 4) is 0 Å². The first-order valence-electron chi connectivity index (χ1n) is 7.67. The first kappa shape index (κ1) is 13.8. The van der Waals surface area contributed by atoms with Gasteiger partial charge in [-0.2, -0.15) is 0 Å². The molecule has 0 radical (unpaired) electrons. The Hall–Kier alpha value is -0.630. The first-order chi connectivity index (χ1) is 8.76. The lowest BCUT2D eigenvalue weighted by molar-refractivity contribution is -0.117. The largest absolute Gasteiger partial charge is 0.314 e. The lowest BCUT2D eigenvalue weighted by Crippen LogP contribution is -2.46. The molecule has 0 aromatic carbocycles. The summed E-state index contributed by atoms with van der Waals surface area (Å²) in [5, 5.41) is 3.45. The lowest BCUT2D eigenvalue weighted by Gasteiger charge is -2.37. The van der Waals surface area contributed by atoms with Gasteiger partial charge in [0.1, 0.15) is 0 Å². The third-order valence-electron chi connectivity index (χ3n) is 4.74. The fraction of sp³-hybridized carbons (Fsp3) is 0.812. The van der Waals surface area contributed by atoms with Crippen molar-refractivity contribution in [2.24, 2.45) is 0 Å². The van der Waals surface area contributed by atoms with Crippen LogP contribution in [0.5, 0.6) is 0 Å². The van der Waals surface area contributed by atoms with E-state index in [2.05, 4.69) is 11.4 Å². The number of rotatable bonds is 4. The molecule has 2 aliphatic rings. The standard InChI is InChI=1S/C16H27NO/c1-17-16(11-7-4-8-12-16)13-15(18)14-9-5-2-3-6-10-14/h9,17H,2-8,10-13H2,1H3. The van der Waals surface area contributed by atoms with Gasteiger partial charge < -0.3 is 5.32 Å². The summed E-state index contributed by atoms with van der Waals surface area (Å²) < 4.78 is 0. The van der Waals surface area contributed by atoms with Gasteiger partial charge >= 0.3 is 0 Å². The van der Waals surface area contributed by atoms with Crippen LogP contribution in [0.1, 0.15) is 70.6 Å². The van der Waals surface area contributed by atoms with Crippen LogP contribution in [-0.2, 0) is 4.79 Å². The van der Waals surface area contributed by atoms with Gasteiger partial charge in [0.25, 0.3) is 0 Å². The number of carbonyl (C=O) groups excluding carboxylic acids is 1. The van der Waals surface area contributed by atoms with E-state index in [0.717, 1.165) is 24.8 Å². The Morgan fingerprint density at radius 1 is 1.17 bits per heavy atom. The van der Waals surface area contributed by atoms with Gasteiger partial charge in [0, 0.05) is 12.0 Å². The highest BCUT2D eigenvalue weighted by Crippen LogP contribution is 2.32. The zero-order valence-electron chi connectivity index (χ0n) is 11.8. The summed E-state index contributed by atoms with van der Waals surface area (Å²) >= 11 is 0. The van der Waals surface area contributed by atoms with Gasteiger partial charge in [0.2, 0.25) is 0 Å². The van der Waals surface area contributed by atoms with Gasteiger partial charge in [-0.15, -0.1) is 0 Å². The van der Waals surface area contributed by atoms with Gasteiger partial charge in [-0.1, -0.05) is 31.8 Å². The zero-order chi connectivity index (χ0) is 12.8. The summed E-state index contributed by atoms with van der Waals surface area (Å²) in [6.07, 6.45) is 15.0. The lowest BCUT2D eigenvalue weighted by atomic mass is 9.77. The molecular formula is C16H27NO. The zero-order valence-corrected chi connectivity index (χ0v) is 11.8. The third-order valence-corrected chi connectivity index (χ3v) is 4.74. The Morgan fingerprint density at radius 3 is 2.61 bits per heavy atom. The highest BCUT2D eigenvalue weighted by molar-refractivity contribution is 5.96. The molecule has 2 aliphatic carbocycles. The normalized spacial score (nSPS) is 24.2. The van der Waals surface area contributed by atoms with E-state index < -0.39 is 0 Å². The smallest absolute Gasteiger partial charge is 0.160 e. The molecule has 0 bridgehead atoms. The second kappa shape index (κ2) is 6.51. The van der Waals surface area contributed by atoms with E-state index in [1.54, 1.807) is 0 Å². The van der Waals surface area contributed by atoms with Crippen molar-refractivity contribution in [3.63, 3.8) is 0 Å². The van der Waals surface area contributed by atoms with Crippen molar-refractivity contribution >= 4 is 5.78 Å². The van der Waals surface area contributed by atoms with Crippen molar-refractivity contribution in [1.29, 1.82) is 0 Å². The number of hydrogen-bond donors (Lipinski definition) is 1. The van der Waals surface area contributed by atoms with Crippen LogP contribution in [0, 0.1) is 0 Å². The minimum absolute atomic E-state index is 0.0997. The molecule has 0 atom stereocenters. The van der Waals surface area contributed by atoms with E-state index in [1.807, 2.05) is 7.05 Å². The molecule has 0 spiro atoms. The van der Waals surface area contributed by atoms with Crippen LogP contribution in [0.4, 0.5) is 0 Å². The van der Waals surface area contributed by atoms with Crippen LogP contribution in [-0.4, -0.2) is 18.4 Å². The third kappa shape index (κ3) is 3.44. The quantitative estimate of drug-likeness (QED) is 0.822. The number of hydrogen-bond acceptors (Lipinski definition) is 2. The maximum Gasteiger partial charge on any atom is 0.160 e. The van der Waals surface area contributed by atoms with Gasteiger partial charge in [-0.3, -0.25) is 4.79 Å². The molecule has 2 rings (SSSR count). The number of ketones is 1. The summed E-state index contributed by atoms with van der Waals surface area (Å²) in [4.78, 5) is 12.5. The Labute approximate surface area is 111 Å². The van der Waals surface area contributed by atoms with Crippen LogP contribution < -0.4 is 5.32 Å². The maximum absolute atomic E-state index is 12.5. The molecule has 18 heavy (non-hydrogen) atoms. The van der Waals surface area contributed by atoms with Crippen molar-refractivity contribution in [3.05, 3.63) is 11.6 Å². The number of nitrogens with one attached hydrogen (secondary N) is 1. The molecular weight excluding hydrogens is 222 g/mol. The Kier molecular flexibility index (Phi) is 4.99. The van der Waals surface area contributed by atoms with Gasteiger partial charge in [0.15, 0.2) is 5.78 Å². The van der Waals surface area contributed by atoms with Crippen molar-refractivity contribution in [2.45, 2.75) is 76.2 Å².